The van der Waals surface area contributed by atoms with Crippen molar-refractivity contribution in [2.75, 3.05) is 30.9 Å². The molecule has 1 spiro atoms. The number of rotatable bonds is 4. The van der Waals surface area contributed by atoms with Gasteiger partial charge >= 0.3 is 0 Å². The van der Waals surface area contributed by atoms with Gasteiger partial charge in [0.05, 0.1) is 5.41 Å². The Morgan fingerprint density at radius 2 is 1.35 bits per heavy atom. The van der Waals surface area contributed by atoms with Gasteiger partial charge in [-0.2, -0.15) is 0 Å². The molecule has 2 aliphatic rings. The number of Topliss-reactive ketones (excluding diaryl/α,β-unsaturated/α-hetero) is 1. The van der Waals surface area contributed by atoms with Crippen molar-refractivity contribution in [3.63, 3.8) is 0 Å². The number of carbonyl (C=O) groups excluding carboxylic acids is 2. The largest absolute Gasteiger partial charge is 0.492 e. The molecule has 31 heavy (non-hydrogen) atoms. The van der Waals surface area contributed by atoms with E-state index in [1.54, 1.807) is 19.1 Å². The Morgan fingerprint density at radius 3 is 1.94 bits per heavy atom. The Hall–Kier alpha value is -3.80. The van der Waals surface area contributed by atoms with Crippen LogP contribution in [0.2, 0.25) is 0 Å². The maximum absolute atomic E-state index is 12.9. The molecule has 0 aromatic heterocycles. The van der Waals surface area contributed by atoms with Crippen molar-refractivity contribution in [3.05, 3.63) is 82.9 Å². The molecule has 2 N–H and O–H groups in total. The molecule has 0 saturated carbocycles. The summed E-state index contributed by atoms with van der Waals surface area (Å²) in [6.07, 6.45) is 0. The first kappa shape index (κ1) is 19.2. The van der Waals surface area contributed by atoms with Gasteiger partial charge in [0.25, 0.3) is 5.91 Å². The first-order valence-electron chi connectivity index (χ1n) is 10.1. The first-order chi connectivity index (χ1) is 15.0. The maximum Gasteiger partial charge on any atom is 0.255 e. The van der Waals surface area contributed by atoms with Gasteiger partial charge in [-0.1, -0.05) is 0 Å². The van der Waals surface area contributed by atoms with E-state index in [1.807, 2.05) is 55.6 Å². The summed E-state index contributed by atoms with van der Waals surface area (Å²) < 4.78 is 11.9. The minimum Gasteiger partial charge on any atom is -0.492 e. The fourth-order valence-corrected chi connectivity index (χ4v) is 4.24. The number of anilines is 2. The van der Waals surface area contributed by atoms with Crippen LogP contribution in [0.5, 0.6) is 11.5 Å². The van der Waals surface area contributed by atoms with E-state index in [4.69, 9.17) is 9.47 Å². The molecule has 5 rings (SSSR count). The third-order valence-corrected chi connectivity index (χ3v) is 6.04. The molecule has 6 nitrogen and oxygen atoms in total. The lowest BCUT2D eigenvalue weighted by Gasteiger charge is -2.21. The van der Waals surface area contributed by atoms with Gasteiger partial charge in [0, 0.05) is 40.7 Å². The molecular formula is C25H22N2O4. The quantitative estimate of drug-likeness (QED) is 0.624. The summed E-state index contributed by atoms with van der Waals surface area (Å²) in [6, 6.07) is 18.5. The summed E-state index contributed by atoms with van der Waals surface area (Å²) in [4.78, 5) is 24.8. The van der Waals surface area contributed by atoms with Crippen LogP contribution in [0.3, 0.4) is 0 Å². The molecule has 6 heteroatoms. The average Bonchev–Trinajstić information content (AvgIpc) is 3.35. The fourth-order valence-electron chi connectivity index (χ4n) is 4.24. The van der Waals surface area contributed by atoms with Crippen LogP contribution in [0, 0.1) is 0 Å². The van der Waals surface area contributed by atoms with Gasteiger partial charge in [0.15, 0.2) is 5.78 Å². The van der Waals surface area contributed by atoms with Crippen LogP contribution in [0.15, 0.2) is 60.7 Å². The molecule has 1 atom stereocenters. The van der Waals surface area contributed by atoms with E-state index in [1.165, 1.54) is 0 Å². The van der Waals surface area contributed by atoms with Crippen LogP contribution < -0.4 is 20.1 Å². The molecule has 156 valence electrons. The summed E-state index contributed by atoms with van der Waals surface area (Å²) in [7, 11) is 1.85. The van der Waals surface area contributed by atoms with Crippen LogP contribution in [-0.4, -0.2) is 32.0 Å². The predicted molar refractivity (Wildman–Crippen MR) is 119 cm³/mol. The SMILES string of the molecule is CNc1ccc(NC(=O)c2ccc3c(c2)C2(COc4ccc(C(C)=O)cc42)CO3)cc1. The third-order valence-electron chi connectivity index (χ3n) is 6.04. The van der Waals surface area contributed by atoms with Crippen molar-refractivity contribution in [2.24, 2.45) is 0 Å². The van der Waals surface area contributed by atoms with Gasteiger partial charge in [0.1, 0.15) is 24.7 Å². The van der Waals surface area contributed by atoms with E-state index in [2.05, 4.69) is 10.6 Å². The van der Waals surface area contributed by atoms with E-state index in [0.29, 0.717) is 24.3 Å². The molecule has 0 aliphatic carbocycles. The Bertz CT molecular complexity index is 1200. The molecule has 0 fully saturated rings. The summed E-state index contributed by atoms with van der Waals surface area (Å²) in [5.74, 6) is 1.29. The van der Waals surface area contributed by atoms with Gasteiger partial charge in [0.2, 0.25) is 0 Å². The Morgan fingerprint density at radius 1 is 0.806 bits per heavy atom. The Kier molecular flexibility index (Phi) is 4.43. The molecule has 0 radical (unpaired) electrons. The van der Waals surface area contributed by atoms with E-state index in [9.17, 15) is 9.59 Å². The van der Waals surface area contributed by atoms with Crippen molar-refractivity contribution >= 4 is 23.1 Å². The maximum atomic E-state index is 12.9. The monoisotopic (exact) mass is 414 g/mol. The summed E-state index contributed by atoms with van der Waals surface area (Å²) >= 11 is 0. The zero-order valence-corrected chi connectivity index (χ0v) is 17.3. The molecular weight excluding hydrogens is 392 g/mol. The van der Waals surface area contributed by atoms with E-state index in [0.717, 1.165) is 34.0 Å². The topological polar surface area (TPSA) is 76.7 Å². The second-order valence-corrected chi connectivity index (χ2v) is 7.92. The van der Waals surface area contributed by atoms with Gasteiger partial charge in [-0.15, -0.1) is 0 Å². The van der Waals surface area contributed by atoms with Crippen LogP contribution in [0.4, 0.5) is 11.4 Å². The molecule has 0 saturated heterocycles. The van der Waals surface area contributed by atoms with Crippen LogP contribution in [0.25, 0.3) is 0 Å². The lowest BCUT2D eigenvalue weighted by atomic mass is 9.77. The molecule has 2 heterocycles. The number of benzene rings is 3. The van der Waals surface area contributed by atoms with E-state index >= 15 is 0 Å². The highest BCUT2D eigenvalue weighted by Gasteiger charge is 2.49. The number of amides is 1. The second kappa shape index (κ2) is 7.16. The van der Waals surface area contributed by atoms with Crippen molar-refractivity contribution < 1.29 is 19.1 Å². The Balaban J connectivity index is 1.49. The highest BCUT2D eigenvalue weighted by atomic mass is 16.5. The number of hydrogen-bond acceptors (Lipinski definition) is 5. The predicted octanol–water partition coefficient (Wildman–Crippen LogP) is 4.25. The summed E-state index contributed by atoms with van der Waals surface area (Å²) in [5, 5.41) is 5.99. The highest BCUT2D eigenvalue weighted by molar-refractivity contribution is 6.04. The number of hydrogen-bond donors (Lipinski definition) is 2. The Labute approximate surface area is 180 Å². The zero-order chi connectivity index (χ0) is 21.6. The molecule has 1 amide bonds. The van der Waals surface area contributed by atoms with Crippen LogP contribution in [0.1, 0.15) is 38.8 Å². The second-order valence-electron chi connectivity index (χ2n) is 7.92. The lowest BCUT2D eigenvalue weighted by molar-refractivity contribution is 0.101. The molecule has 3 aromatic carbocycles. The number of fused-ring (bicyclic) bond motifs is 4. The first-order valence-corrected chi connectivity index (χ1v) is 10.1. The van der Waals surface area contributed by atoms with Crippen molar-refractivity contribution in [3.8, 4) is 11.5 Å². The number of nitrogens with one attached hydrogen (secondary N) is 2. The third kappa shape index (κ3) is 3.11. The van der Waals surface area contributed by atoms with Crippen LogP contribution in [-0.2, 0) is 5.41 Å². The van der Waals surface area contributed by atoms with Gasteiger partial charge < -0.3 is 20.1 Å². The minimum atomic E-state index is -0.527. The molecule has 3 aromatic rings. The van der Waals surface area contributed by atoms with Crippen LogP contribution >= 0.6 is 0 Å². The normalized spacial score (nSPS) is 18.0. The average molecular weight is 414 g/mol. The lowest BCUT2D eigenvalue weighted by Crippen LogP contribution is -2.31. The fraction of sp³-hybridized carbons (Fsp3) is 0.200. The van der Waals surface area contributed by atoms with E-state index in [-0.39, 0.29) is 11.7 Å². The minimum absolute atomic E-state index is 0.00130. The molecule has 1 unspecified atom stereocenters. The zero-order valence-electron chi connectivity index (χ0n) is 17.3. The number of carbonyl (C=O) groups is 2. The highest BCUT2D eigenvalue weighted by Crippen LogP contribution is 2.50. The molecule has 0 bridgehead atoms. The van der Waals surface area contributed by atoms with Crippen molar-refractivity contribution in [2.45, 2.75) is 12.3 Å². The van der Waals surface area contributed by atoms with Crippen molar-refractivity contribution in [1.29, 1.82) is 0 Å². The van der Waals surface area contributed by atoms with Crippen molar-refractivity contribution in [1.82, 2.24) is 0 Å². The number of ketones is 1. The summed E-state index contributed by atoms with van der Waals surface area (Å²) in [6.45, 7) is 2.37. The summed E-state index contributed by atoms with van der Waals surface area (Å²) in [5.41, 5.74) is 4.18. The van der Waals surface area contributed by atoms with Gasteiger partial charge in [-0.3, -0.25) is 9.59 Å². The van der Waals surface area contributed by atoms with E-state index < -0.39 is 5.41 Å². The van der Waals surface area contributed by atoms with Gasteiger partial charge in [-0.25, -0.2) is 0 Å². The number of ether oxygens (including phenoxy) is 2. The van der Waals surface area contributed by atoms with Gasteiger partial charge in [-0.05, 0) is 67.6 Å². The standard InChI is InChI=1S/C25H22N2O4/c1-15(28)16-3-9-22-20(11-16)25(13-30-22)14-31-23-10-4-17(12-21(23)25)24(29)27-19-7-5-18(26-2)6-8-19/h3-12,26H,13-14H2,1-2H3,(H,27,29). The molecule has 2 aliphatic heterocycles. The smallest absolute Gasteiger partial charge is 0.255 e.